The number of hydrogen-bond acceptors (Lipinski definition) is 25. The minimum atomic E-state index is -5.08. The van der Waals surface area contributed by atoms with E-state index in [0.717, 1.165) is 19.3 Å². The third-order valence-corrected chi connectivity index (χ3v) is 12.7. The van der Waals surface area contributed by atoms with Crippen molar-refractivity contribution in [1.82, 2.24) is 5.32 Å². The molecule has 25 N–H and O–H groups in total. The van der Waals surface area contributed by atoms with E-state index in [-0.39, 0.29) is 38.4 Å². The van der Waals surface area contributed by atoms with Crippen LogP contribution in [0, 0.1) is 0 Å². The van der Waals surface area contributed by atoms with Gasteiger partial charge < -0.3 is 129 Å². The number of amides is 1. The number of carboxylic acid groups (broad SMARTS) is 6. The fraction of sp³-hybridized carbons (Fsp3) is 0.851. The fourth-order valence-corrected chi connectivity index (χ4v) is 7.66. The average molecular weight is 1480 g/mol. The van der Waals surface area contributed by atoms with Crippen molar-refractivity contribution in [3.8, 4) is 0 Å². The highest BCUT2D eigenvalue weighted by molar-refractivity contribution is 5.76. The molecule has 1 amide bonds. The Morgan fingerprint density at radius 3 is 0.969 bits per heavy atom. The van der Waals surface area contributed by atoms with Gasteiger partial charge in [0.1, 0.15) is 67.1 Å². The van der Waals surface area contributed by atoms with Crippen molar-refractivity contribution in [3.63, 3.8) is 0 Å². The quantitative estimate of drug-likeness (QED) is 0.0511. The molecule has 32 nitrogen and oxygen atoms in total. The lowest BCUT2D eigenvalue weighted by molar-refractivity contribution is -0.306. The SMILES string of the molecule is CCCCCCCCCCCC(=O)NCC1OC(OC2C(O)C(N)CC(N)C2OC2OC(CN)C(O)C(O)C2N)C(O)C1OC1OC(CN)C(O)C(O)C1N.O=C(O)C(F)(F)F.O=C(O)C(F)(F)F.O=C(O)C(F)(F)F.O=C(O)C(F)(F)F.O=C(O)C(F)(F)F.O=C(O)C(F)(F)F. The Kier molecular flexibility index (Phi) is 42.4. The normalized spacial score (nSPS) is 29.7. The van der Waals surface area contributed by atoms with Crippen LogP contribution in [0.4, 0.5) is 79.0 Å². The van der Waals surface area contributed by atoms with E-state index in [9.17, 15) is 114 Å². The lowest BCUT2D eigenvalue weighted by atomic mass is 9.84. The number of unbranched alkanes of at least 4 members (excludes halogenated alkanes) is 8. The summed E-state index contributed by atoms with van der Waals surface area (Å²) in [6.45, 7) is 1.72. The molecule has 3 saturated heterocycles. The van der Waals surface area contributed by atoms with E-state index in [2.05, 4.69) is 12.2 Å². The summed E-state index contributed by atoms with van der Waals surface area (Å²) in [5.74, 6) is -16.8. The molecule has 19 unspecified atom stereocenters. The van der Waals surface area contributed by atoms with Crippen molar-refractivity contribution < 1.29 is 202 Å². The number of hydrogen-bond donors (Lipinski definition) is 19. The molecule has 4 fully saturated rings. The third-order valence-electron chi connectivity index (χ3n) is 12.7. The van der Waals surface area contributed by atoms with Crippen LogP contribution in [-0.4, -0.2) is 276 Å². The molecule has 97 heavy (non-hydrogen) atoms. The highest BCUT2D eigenvalue weighted by atomic mass is 19.4. The van der Waals surface area contributed by atoms with Gasteiger partial charge in [0.25, 0.3) is 0 Å². The number of aliphatic hydroxyl groups is 6. The largest absolute Gasteiger partial charge is 0.490 e. The predicted octanol–water partition coefficient (Wildman–Crippen LogP) is -1.05. The van der Waals surface area contributed by atoms with E-state index in [1.807, 2.05) is 0 Å². The van der Waals surface area contributed by atoms with Crippen LogP contribution in [0.25, 0.3) is 0 Å². The Morgan fingerprint density at radius 2 is 0.670 bits per heavy atom. The van der Waals surface area contributed by atoms with Crippen LogP contribution in [0.5, 0.6) is 0 Å². The van der Waals surface area contributed by atoms with Crippen molar-refractivity contribution in [3.05, 3.63) is 0 Å². The monoisotopic (exact) mass is 1480 g/mol. The van der Waals surface area contributed by atoms with E-state index >= 15 is 0 Å². The molecule has 4 aliphatic rings. The molecular weight excluding hydrogens is 1400 g/mol. The summed E-state index contributed by atoms with van der Waals surface area (Å²) in [5.41, 5.74) is 36.4. The van der Waals surface area contributed by atoms with E-state index in [4.69, 9.17) is 122 Å². The minimum absolute atomic E-state index is 0.0833. The van der Waals surface area contributed by atoms with Gasteiger partial charge in [-0.3, -0.25) is 4.79 Å². The standard InChI is InChI=1S/C35H69N7O13.6C2HF3O2/c1-2-3-4-5-6-7-8-9-10-11-21(43)42-15-20-31(54-34-23(41)28(48)26(46)19(14-37)51-34)29(49)35(52-20)55-32-24(44)16(38)12-17(39)30(32)53-33-22(40)27(47)25(45)18(13-36)50-33;6*3-2(4,5)1(6)7/h16-20,22-35,44-49H,2-15,36-41H2,1H3,(H,42,43);6*(H,6,7). The van der Waals surface area contributed by atoms with Crippen LogP contribution in [0.15, 0.2) is 0 Å². The number of aliphatic carboxylic acids is 6. The smallest absolute Gasteiger partial charge is 0.475 e. The molecule has 0 aromatic rings. The topological polar surface area (TPSA) is 586 Å². The predicted molar refractivity (Wildman–Crippen MR) is 278 cm³/mol. The minimum Gasteiger partial charge on any atom is -0.475 e. The van der Waals surface area contributed by atoms with Crippen LogP contribution in [0.2, 0.25) is 0 Å². The summed E-state index contributed by atoms with van der Waals surface area (Å²) in [6.07, 6.45) is -40.2. The van der Waals surface area contributed by atoms with Gasteiger partial charge in [0.2, 0.25) is 5.91 Å². The third kappa shape index (κ3) is 36.8. The van der Waals surface area contributed by atoms with Gasteiger partial charge in [-0.25, -0.2) is 28.8 Å². The van der Waals surface area contributed by atoms with Gasteiger partial charge in [-0.1, -0.05) is 58.3 Å². The molecule has 0 bridgehead atoms. The first-order chi connectivity index (χ1) is 43.9. The fourth-order valence-electron chi connectivity index (χ4n) is 7.66. The molecule has 0 aromatic carbocycles. The first kappa shape index (κ1) is 95.5. The molecule has 4 rings (SSSR count). The number of rotatable bonds is 20. The molecule has 19 atom stereocenters. The van der Waals surface area contributed by atoms with E-state index in [1.165, 1.54) is 32.1 Å². The number of carbonyl (C=O) groups excluding carboxylic acids is 1. The second-order valence-corrected chi connectivity index (χ2v) is 20.3. The van der Waals surface area contributed by atoms with Crippen LogP contribution < -0.4 is 39.7 Å². The van der Waals surface area contributed by atoms with E-state index in [0.29, 0.717) is 6.42 Å². The molecule has 1 aliphatic carbocycles. The molecule has 3 aliphatic heterocycles. The summed E-state index contributed by atoms with van der Waals surface area (Å²) in [4.78, 5) is 66.3. The number of ether oxygens (including phenoxy) is 6. The summed E-state index contributed by atoms with van der Waals surface area (Å²) in [7, 11) is 0. The summed E-state index contributed by atoms with van der Waals surface area (Å²) in [6, 6.07) is -4.25. The number of nitrogens with one attached hydrogen (secondary N) is 1. The molecule has 574 valence electrons. The molecule has 0 aromatic heterocycles. The first-order valence-corrected chi connectivity index (χ1v) is 27.4. The van der Waals surface area contributed by atoms with Gasteiger partial charge in [0.15, 0.2) is 18.9 Å². The number of alkyl halides is 18. The van der Waals surface area contributed by atoms with E-state index < -0.39 is 189 Å². The lowest BCUT2D eigenvalue weighted by Crippen LogP contribution is -2.68. The first-order valence-electron chi connectivity index (χ1n) is 27.4. The Balaban J connectivity index is -0.00000167. The number of carbonyl (C=O) groups is 7. The van der Waals surface area contributed by atoms with Crippen molar-refractivity contribution in [1.29, 1.82) is 0 Å². The summed E-state index contributed by atoms with van der Waals surface area (Å²) < 4.78 is 226. The summed E-state index contributed by atoms with van der Waals surface area (Å²) >= 11 is 0. The molecule has 0 radical (unpaired) electrons. The Bertz CT molecular complexity index is 2170. The van der Waals surface area contributed by atoms with Gasteiger partial charge >= 0.3 is 72.9 Å². The molecule has 50 heteroatoms. The van der Waals surface area contributed by atoms with E-state index in [1.54, 1.807) is 0 Å². The highest BCUT2D eigenvalue weighted by Crippen LogP contribution is 2.35. The second-order valence-electron chi connectivity index (χ2n) is 20.3. The molecular formula is C47H75F18N7O25. The van der Waals surface area contributed by atoms with Crippen molar-refractivity contribution in [2.24, 2.45) is 34.4 Å². The number of nitrogens with two attached hydrogens (primary N) is 6. The van der Waals surface area contributed by atoms with Crippen LogP contribution in [0.1, 0.15) is 77.6 Å². The van der Waals surface area contributed by atoms with Crippen molar-refractivity contribution in [2.45, 2.75) is 231 Å². The molecule has 1 saturated carbocycles. The van der Waals surface area contributed by atoms with Gasteiger partial charge in [-0.2, -0.15) is 79.0 Å². The Morgan fingerprint density at radius 1 is 0.392 bits per heavy atom. The number of aliphatic hydroxyl groups excluding tert-OH is 6. The molecule has 0 spiro atoms. The molecule has 3 heterocycles. The second kappa shape index (κ2) is 43.1. The van der Waals surface area contributed by atoms with Gasteiger partial charge in [-0.05, 0) is 12.8 Å². The average Bonchev–Trinajstić information content (AvgIpc) is 1.77. The number of carboxylic acids is 6. The highest BCUT2D eigenvalue weighted by Gasteiger charge is 2.55. The lowest BCUT2D eigenvalue weighted by Gasteiger charge is -2.47. The maximum atomic E-state index is 12.9. The number of halogens is 18. The maximum Gasteiger partial charge on any atom is 0.490 e. The zero-order valence-corrected chi connectivity index (χ0v) is 49.8. The zero-order chi connectivity index (χ0) is 76.9. The zero-order valence-electron chi connectivity index (χ0n) is 49.8. The van der Waals surface area contributed by atoms with Crippen LogP contribution in [-0.2, 0) is 62.0 Å². The van der Waals surface area contributed by atoms with Gasteiger partial charge in [0.05, 0.1) is 18.2 Å². The maximum absolute atomic E-state index is 12.9. The Hall–Kier alpha value is -5.69. The van der Waals surface area contributed by atoms with Gasteiger partial charge in [-0.15, -0.1) is 0 Å². The van der Waals surface area contributed by atoms with Gasteiger partial charge in [0, 0.05) is 38.1 Å². The van der Waals surface area contributed by atoms with Crippen molar-refractivity contribution in [2.75, 3.05) is 19.6 Å². The van der Waals surface area contributed by atoms with Crippen molar-refractivity contribution >= 4 is 41.7 Å². The van der Waals surface area contributed by atoms with Crippen LogP contribution in [0.3, 0.4) is 0 Å². The Labute approximate surface area is 533 Å². The van der Waals surface area contributed by atoms with Crippen LogP contribution >= 0.6 is 0 Å². The summed E-state index contributed by atoms with van der Waals surface area (Å²) in [5, 5.41) is 110.